The molecule has 3 nitrogen and oxygen atoms in total. The summed E-state index contributed by atoms with van der Waals surface area (Å²) in [4.78, 5) is 2.59. The van der Waals surface area contributed by atoms with Crippen molar-refractivity contribution in [2.75, 3.05) is 38.2 Å². The standard InChI is InChI=1S/C13H28N2OS/c1-4-8-15-9-5-6-13(11-15)12(2)14-7-10-17(3)16/h12-14H,4-11H2,1-3H3. The Kier molecular flexibility index (Phi) is 7.32. The zero-order valence-electron chi connectivity index (χ0n) is 11.6. The average molecular weight is 260 g/mol. The van der Waals surface area contributed by atoms with Crippen molar-refractivity contribution >= 4 is 10.8 Å². The highest BCUT2D eigenvalue weighted by Gasteiger charge is 2.23. The van der Waals surface area contributed by atoms with Crippen LogP contribution in [0.25, 0.3) is 0 Å². The molecule has 17 heavy (non-hydrogen) atoms. The van der Waals surface area contributed by atoms with Gasteiger partial charge >= 0.3 is 0 Å². The minimum absolute atomic E-state index is 0.554. The molecule has 0 radical (unpaired) electrons. The Bertz CT molecular complexity index is 233. The van der Waals surface area contributed by atoms with Gasteiger partial charge in [-0.05, 0) is 45.2 Å². The van der Waals surface area contributed by atoms with E-state index in [4.69, 9.17) is 0 Å². The maximum atomic E-state index is 11.0. The van der Waals surface area contributed by atoms with Crippen molar-refractivity contribution in [1.29, 1.82) is 0 Å². The third kappa shape index (κ3) is 5.98. The molecule has 1 aliphatic rings. The number of likely N-dealkylation sites (tertiary alicyclic amines) is 1. The highest BCUT2D eigenvalue weighted by atomic mass is 32.2. The normalized spacial score (nSPS) is 25.7. The SMILES string of the molecule is CCCN1CCCC(C(C)NCCS(C)=O)C1. The molecule has 102 valence electrons. The van der Waals surface area contributed by atoms with Crippen LogP contribution in [-0.2, 0) is 10.8 Å². The minimum Gasteiger partial charge on any atom is -0.313 e. The lowest BCUT2D eigenvalue weighted by Gasteiger charge is -2.36. The molecule has 0 aromatic heterocycles. The molecule has 0 aromatic rings. The summed E-state index contributed by atoms with van der Waals surface area (Å²) in [5, 5.41) is 3.53. The molecule has 0 saturated carbocycles. The Hall–Kier alpha value is 0.0700. The predicted molar refractivity (Wildman–Crippen MR) is 75.9 cm³/mol. The first-order valence-corrected chi connectivity index (χ1v) is 8.62. The van der Waals surface area contributed by atoms with Gasteiger partial charge in [0.15, 0.2) is 0 Å². The molecule has 1 saturated heterocycles. The summed E-state index contributed by atoms with van der Waals surface area (Å²) < 4.78 is 11.0. The molecule has 4 heteroatoms. The Morgan fingerprint density at radius 2 is 2.29 bits per heavy atom. The van der Waals surface area contributed by atoms with Crippen molar-refractivity contribution in [3.8, 4) is 0 Å². The lowest BCUT2D eigenvalue weighted by Crippen LogP contribution is -2.45. The Labute approximate surface area is 109 Å². The summed E-state index contributed by atoms with van der Waals surface area (Å²) in [5.41, 5.74) is 0. The van der Waals surface area contributed by atoms with Gasteiger partial charge in [-0.3, -0.25) is 4.21 Å². The Morgan fingerprint density at radius 1 is 1.53 bits per heavy atom. The molecule has 0 bridgehead atoms. The number of hydrogen-bond donors (Lipinski definition) is 1. The van der Waals surface area contributed by atoms with Crippen LogP contribution in [0.2, 0.25) is 0 Å². The molecule has 3 atom stereocenters. The number of piperidine rings is 1. The third-order valence-corrected chi connectivity index (χ3v) is 4.42. The van der Waals surface area contributed by atoms with Gasteiger partial charge in [-0.2, -0.15) is 0 Å². The van der Waals surface area contributed by atoms with Gasteiger partial charge in [0.1, 0.15) is 0 Å². The van der Waals surface area contributed by atoms with Crippen LogP contribution in [-0.4, -0.2) is 53.3 Å². The van der Waals surface area contributed by atoms with Crippen LogP contribution in [0.3, 0.4) is 0 Å². The van der Waals surface area contributed by atoms with E-state index in [0.717, 1.165) is 18.2 Å². The van der Waals surface area contributed by atoms with Crippen LogP contribution in [0.15, 0.2) is 0 Å². The summed E-state index contributed by atoms with van der Waals surface area (Å²) in [5.74, 6) is 1.54. The van der Waals surface area contributed by atoms with Crippen molar-refractivity contribution in [2.24, 2.45) is 5.92 Å². The molecule has 1 aliphatic heterocycles. The van der Waals surface area contributed by atoms with Crippen LogP contribution in [0.5, 0.6) is 0 Å². The summed E-state index contributed by atoms with van der Waals surface area (Å²) in [6.07, 6.45) is 5.69. The van der Waals surface area contributed by atoms with E-state index in [-0.39, 0.29) is 0 Å². The van der Waals surface area contributed by atoms with Crippen molar-refractivity contribution in [3.63, 3.8) is 0 Å². The van der Waals surface area contributed by atoms with Crippen molar-refractivity contribution in [2.45, 2.75) is 39.2 Å². The van der Waals surface area contributed by atoms with Crippen LogP contribution in [0.1, 0.15) is 33.1 Å². The number of nitrogens with zero attached hydrogens (tertiary/aromatic N) is 1. The van der Waals surface area contributed by atoms with E-state index < -0.39 is 10.8 Å². The quantitative estimate of drug-likeness (QED) is 0.752. The van der Waals surface area contributed by atoms with E-state index in [0.29, 0.717) is 6.04 Å². The number of hydrogen-bond acceptors (Lipinski definition) is 3. The highest BCUT2D eigenvalue weighted by Crippen LogP contribution is 2.19. The summed E-state index contributed by atoms with van der Waals surface area (Å²) in [7, 11) is -0.670. The average Bonchev–Trinajstić information content (AvgIpc) is 2.29. The van der Waals surface area contributed by atoms with Gasteiger partial charge in [-0.25, -0.2) is 0 Å². The van der Waals surface area contributed by atoms with E-state index in [1.807, 2.05) is 0 Å². The second kappa shape index (κ2) is 8.22. The van der Waals surface area contributed by atoms with Crippen molar-refractivity contribution < 1.29 is 4.21 Å². The van der Waals surface area contributed by atoms with Crippen LogP contribution < -0.4 is 5.32 Å². The van der Waals surface area contributed by atoms with Crippen LogP contribution in [0, 0.1) is 5.92 Å². The van der Waals surface area contributed by atoms with Gasteiger partial charge in [0, 0.05) is 41.9 Å². The number of rotatable bonds is 7. The predicted octanol–water partition coefficient (Wildman–Crippen LogP) is 1.47. The number of nitrogens with one attached hydrogen (secondary N) is 1. The van der Waals surface area contributed by atoms with E-state index in [9.17, 15) is 4.21 Å². The second-order valence-electron chi connectivity index (χ2n) is 5.22. The van der Waals surface area contributed by atoms with Gasteiger partial charge in [-0.1, -0.05) is 6.92 Å². The molecule has 0 aliphatic carbocycles. The molecule has 0 spiro atoms. The molecule has 0 amide bonds. The fourth-order valence-corrected chi connectivity index (χ4v) is 3.02. The summed E-state index contributed by atoms with van der Waals surface area (Å²) in [6.45, 7) is 9.16. The van der Waals surface area contributed by atoms with Crippen molar-refractivity contribution in [3.05, 3.63) is 0 Å². The smallest absolute Gasteiger partial charge is 0.0357 e. The van der Waals surface area contributed by atoms with Crippen molar-refractivity contribution in [1.82, 2.24) is 10.2 Å². The zero-order chi connectivity index (χ0) is 12.7. The fraction of sp³-hybridized carbons (Fsp3) is 1.00. The third-order valence-electron chi connectivity index (χ3n) is 3.64. The van der Waals surface area contributed by atoms with Crippen LogP contribution >= 0.6 is 0 Å². The minimum atomic E-state index is -0.670. The highest BCUT2D eigenvalue weighted by molar-refractivity contribution is 7.84. The first-order chi connectivity index (χ1) is 8.13. The maximum Gasteiger partial charge on any atom is 0.0357 e. The molecular formula is C13H28N2OS. The second-order valence-corrected chi connectivity index (χ2v) is 6.78. The first-order valence-electron chi connectivity index (χ1n) is 6.89. The van der Waals surface area contributed by atoms with Gasteiger partial charge in [0.05, 0.1) is 0 Å². The Balaban J connectivity index is 2.25. The summed E-state index contributed by atoms with van der Waals surface area (Å²) >= 11 is 0. The first kappa shape index (κ1) is 15.1. The molecule has 0 aromatic carbocycles. The monoisotopic (exact) mass is 260 g/mol. The van der Waals surface area contributed by atoms with Crippen LogP contribution in [0.4, 0.5) is 0 Å². The molecule has 1 fully saturated rings. The summed E-state index contributed by atoms with van der Waals surface area (Å²) in [6, 6.07) is 0.554. The maximum absolute atomic E-state index is 11.0. The van der Waals surface area contributed by atoms with Gasteiger partial charge in [0.25, 0.3) is 0 Å². The molecular weight excluding hydrogens is 232 g/mol. The molecule has 1 heterocycles. The van der Waals surface area contributed by atoms with Gasteiger partial charge in [-0.15, -0.1) is 0 Å². The lowest BCUT2D eigenvalue weighted by atomic mass is 9.91. The molecule has 1 rings (SSSR count). The van der Waals surface area contributed by atoms with E-state index in [1.54, 1.807) is 6.26 Å². The van der Waals surface area contributed by atoms with E-state index in [2.05, 4.69) is 24.1 Å². The molecule has 3 unspecified atom stereocenters. The zero-order valence-corrected chi connectivity index (χ0v) is 12.4. The van der Waals surface area contributed by atoms with E-state index in [1.165, 1.54) is 38.9 Å². The van der Waals surface area contributed by atoms with E-state index >= 15 is 0 Å². The topological polar surface area (TPSA) is 32.3 Å². The van der Waals surface area contributed by atoms with Gasteiger partial charge in [0.2, 0.25) is 0 Å². The molecule has 1 N–H and O–H groups in total. The lowest BCUT2D eigenvalue weighted by molar-refractivity contribution is 0.152. The largest absolute Gasteiger partial charge is 0.313 e. The fourth-order valence-electron chi connectivity index (χ4n) is 2.62. The Morgan fingerprint density at radius 3 is 2.94 bits per heavy atom. The van der Waals surface area contributed by atoms with Gasteiger partial charge < -0.3 is 10.2 Å².